The SMILES string of the molecule is [C-]#[N+]/C=C1\CCN(c2ccc(N3C[C@H](CNN)OC3=O)cc2F)CC1C. The molecule has 2 heterocycles. The van der Waals surface area contributed by atoms with E-state index >= 15 is 0 Å². The van der Waals surface area contributed by atoms with E-state index in [0.717, 1.165) is 12.0 Å². The van der Waals surface area contributed by atoms with Crippen LogP contribution in [0.3, 0.4) is 0 Å². The average Bonchev–Trinajstić information content (AvgIpc) is 2.97. The Hall–Kier alpha value is -2.63. The van der Waals surface area contributed by atoms with E-state index in [1.807, 2.05) is 11.8 Å². The van der Waals surface area contributed by atoms with Crippen LogP contribution in [0.5, 0.6) is 0 Å². The van der Waals surface area contributed by atoms with Crippen LogP contribution in [0.2, 0.25) is 0 Å². The van der Waals surface area contributed by atoms with Gasteiger partial charge in [-0.25, -0.2) is 14.0 Å². The van der Waals surface area contributed by atoms with E-state index in [1.165, 1.54) is 11.0 Å². The number of nitrogens with two attached hydrogens (primary N) is 1. The summed E-state index contributed by atoms with van der Waals surface area (Å²) in [5.74, 6) is 5.09. The summed E-state index contributed by atoms with van der Waals surface area (Å²) in [6, 6.07) is 4.79. The second-order valence-corrected chi connectivity index (χ2v) is 6.59. The standard InChI is InChI=1S/C18H22FN5O2/c1-12-10-23(6-5-13(12)8-21-2)17-4-3-14(7-16(17)19)24-11-15(9-22-20)26-18(24)25/h3-4,7-8,12,15,22H,5-6,9-11,20H2,1H3/b13-8+/t12?,15-/m0/s1. The number of amides is 1. The summed E-state index contributed by atoms with van der Waals surface area (Å²) >= 11 is 0. The molecular formula is C18H22FN5O2. The molecule has 2 saturated heterocycles. The van der Waals surface area contributed by atoms with Gasteiger partial charge < -0.3 is 9.64 Å². The number of nitrogens with one attached hydrogen (secondary N) is 1. The highest BCUT2D eigenvalue weighted by molar-refractivity contribution is 5.90. The number of ether oxygens (including phenoxy) is 1. The minimum absolute atomic E-state index is 0.204. The van der Waals surface area contributed by atoms with Gasteiger partial charge in [0.15, 0.2) is 6.20 Å². The van der Waals surface area contributed by atoms with E-state index in [4.69, 9.17) is 17.2 Å². The molecule has 138 valence electrons. The molecule has 26 heavy (non-hydrogen) atoms. The number of hydrazine groups is 1. The van der Waals surface area contributed by atoms with Gasteiger partial charge in [-0.15, -0.1) is 0 Å². The summed E-state index contributed by atoms with van der Waals surface area (Å²) in [6.45, 7) is 11.0. The van der Waals surface area contributed by atoms with Crippen LogP contribution >= 0.6 is 0 Å². The second-order valence-electron chi connectivity index (χ2n) is 6.59. The first kappa shape index (κ1) is 18.2. The van der Waals surface area contributed by atoms with Crippen molar-refractivity contribution in [2.24, 2.45) is 11.8 Å². The van der Waals surface area contributed by atoms with Crippen molar-refractivity contribution < 1.29 is 13.9 Å². The molecule has 0 spiro atoms. The minimum Gasteiger partial charge on any atom is -0.443 e. The molecule has 2 atom stereocenters. The molecule has 0 radical (unpaired) electrons. The third-order valence-electron chi connectivity index (χ3n) is 4.83. The Morgan fingerprint density at radius 2 is 2.31 bits per heavy atom. The lowest BCUT2D eigenvalue weighted by Crippen LogP contribution is -2.36. The molecule has 0 bridgehead atoms. The van der Waals surface area contributed by atoms with E-state index < -0.39 is 6.09 Å². The molecule has 1 aromatic carbocycles. The molecule has 7 nitrogen and oxygen atoms in total. The molecule has 8 heteroatoms. The van der Waals surface area contributed by atoms with Crippen molar-refractivity contribution in [3.8, 4) is 0 Å². The maximum atomic E-state index is 14.7. The molecule has 3 N–H and O–H groups in total. The van der Waals surface area contributed by atoms with Crippen LogP contribution in [0.25, 0.3) is 4.85 Å². The van der Waals surface area contributed by atoms with Gasteiger partial charge in [-0.3, -0.25) is 16.2 Å². The molecule has 0 aliphatic carbocycles. The van der Waals surface area contributed by atoms with Crippen LogP contribution in [0.15, 0.2) is 30.0 Å². The number of anilines is 2. The topological polar surface area (TPSA) is 75.2 Å². The lowest BCUT2D eigenvalue weighted by Gasteiger charge is -2.35. The lowest BCUT2D eigenvalue weighted by molar-refractivity contribution is 0.140. The Bertz CT molecular complexity index is 760. The van der Waals surface area contributed by atoms with Crippen LogP contribution < -0.4 is 21.1 Å². The minimum atomic E-state index is -0.502. The number of cyclic esters (lactones) is 1. The van der Waals surface area contributed by atoms with Gasteiger partial charge in [0.05, 0.1) is 24.5 Å². The summed E-state index contributed by atoms with van der Waals surface area (Å²) in [5.41, 5.74) is 4.56. The predicted molar refractivity (Wildman–Crippen MR) is 96.9 cm³/mol. The van der Waals surface area contributed by atoms with E-state index in [2.05, 4.69) is 10.3 Å². The van der Waals surface area contributed by atoms with E-state index in [0.29, 0.717) is 37.6 Å². The Labute approximate surface area is 152 Å². The molecule has 2 aliphatic heterocycles. The van der Waals surface area contributed by atoms with Crippen LogP contribution in [0.4, 0.5) is 20.6 Å². The van der Waals surface area contributed by atoms with Crippen LogP contribution in [-0.2, 0) is 4.74 Å². The maximum Gasteiger partial charge on any atom is 0.414 e. The van der Waals surface area contributed by atoms with Crippen LogP contribution in [0.1, 0.15) is 13.3 Å². The highest BCUT2D eigenvalue weighted by atomic mass is 19.1. The van der Waals surface area contributed by atoms with E-state index in [-0.39, 0.29) is 17.8 Å². The summed E-state index contributed by atoms with van der Waals surface area (Å²) in [4.78, 5) is 18.7. The number of benzene rings is 1. The smallest absolute Gasteiger partial charge is 0.414 e. The van der Waals surface area contributed by atoms with Crippen molar-refractivity contribution in [2.75, 3.05) is 36.0 Å². The molecule has 2 fully saturated rings. The molecule has 3 rings (SSSR count). The normalized spacial score (nSPS) is 24.7. The molecule has 0 aromatic heterocycles. The van der Waals surface area contributed by atoms with Crippen molar-refractivity contribution in [3.05, 3.63) is 47.2 Å². The Kier molecular flexibility index (Phi) is 5.40. The quantitative estimate of drug-likeness (QED) is 0.490. The number of piperidine rings is 1. The van der Waals surface area contributed by atoms with Crippen LogP contribution in [-0.4, -0.2) is 38.4 Å². The summed E-state index contributed by atoms with van der Waals surface area (Å²) in [6.07, 6.45) is 1.47. The first-order valence-corrected chi connectivity index (χ1v) is 8.55. The third-order valence-corrected chi connectivity index (χ3v) is 4.83. The zero-order valence-corrected chi connectivity index (χ0v) is 14.6. The number of carbonyl (C=O) groups is 1. The van der Waals surface area contributed by atoms with Crippen LogP contribution in [0, 0.1) is 18.3 Å². The third kappa shape index (κ3) is 3.64. The largest absolute Gasteiger partial charge is 0.443 e. The van der Waals surface area contributed by atoms with Gasteiger partial charge in [-0.05, 0) is 30.5 Å². The number of carbonyl (C=O) groups excluding carboxylic acids is 1. The van der Waals surface area contributed by atoms with Gasteiger partial charge >= 0.3 is 6.09 Å². The van der Waals surface area contributed by atoms with Crippen molar-refractivity contribution >= 4 is 17.5 Å². The van der Waals surface area contributed by atoms with E-state index in [9.17, 15) is 9.18 Å². The number of rotatable bonds is 4. The fourth-order valence-electron chi connectivity index (χ4n) is 3.43. The van der Waals surface area contributed by atoms with Crippen molar-refractivity contribution in [1.82, 2.24) is 5.43 Å². The molecule has 1 unspecified atom stereocenters. The Morgan fingerprint density at radius 3 is 2.96 bits per heavy atom. The first-order valence-electron chi connectivity index (χ1n) is 8.55. The molecule has 1 amide bonds. The van der Waals surface area contributed by atoms with Gasteiger partial charge in [0.25, 0.3) is 0 Å². The van der Waals surface area contributed by atoms with E-state index in [1.54, 1.807) is 18.3 Å². The lowest BCUT2D eigenvalue weighted by atomic mass is 9.93. The highest BCUT2D eigenvalue weighted by Gasteiger charge is 2.32. The number of nitrogens with zero attached hydrogens (tertiary/aromatic N) is 3. The first-order chi connectivity index (χ1) is 12.5. The van der Waals surface area contributed by atoms with Crippen molar-refractivity contribution in [1.29, 1.82) is 0 Å². The predicted octanol–water partition coefficient (Wildman–Crippen LogP) is 2.26. The molecule has 2 aliphatic rings. The Balaban J connectivity index is 1.74. The number of hydrogen-bond acceptors (Lipinski definition) is 5. The molecule has 0 saturated carbocycles. The molecular weight excluding hydrogens is 337 g/mol. The number of hydrogen-bond donors (Lipinski definition) is 2. The zero-order valence-electron chi connectivity index (χ0n) is 14.6. The maximum absolute atomic E-state index is 14.7. The monoisotopic (exact) mass is 359 g/mol. The van der Waals surface area contributed by atoms with Gasteiger partial charge in [0.1, 0.15) is 11.9 Å². The van der Waals surface area contributed by atoms with Gasteiger partial charge in [0.2, 0.25) is 0 Å². The average molecular weight is 359 g/mol. The number of halogens is 1. The molecule has 1 aromatic rings. The fourth-order valence-corrected chi connectivity index (χ4v) is 3.43. The summed E-state index contributed by atoms with van der Waals surface area (Å²) in [5, 5.41) is 0. The Morgan fingerprint density at radius 1 is 1.50 bits per heavy atom. The van der Waals surface area contributed by atoms with Gasteiger partial charge in [-0.2, -0.15) is 0 Å². The second kappa shape index (κ2) is 7.72. The summed E-state index contributed by atoms with van der Waals surface area (Å²) in [7, 11) is 0. The fraction of sp³-hybridized carbons (Fsp3) is 0.444. The highest BCUT2D eigenvalue weighted by Crippen LogP contribution is 2.31. The van der Waals surface area contributed by atoms with Gasteiger partial charge in [0, 0.05) is 19.6 Å². The van der Waals surface area contributed by atoms with Crippen molar-refractivity contribution in [2.45, 2.75) is 19.4 Å². The zero-order chi connectivity index (χ0) is 18.7. The summed E-state index contributed by atoms with van der Waals surface area (Å²) < 4.78 is 19.9. The van der Waals surface area contributed by atoms with Gasteiger partial charge in [-0.1, -0.05) is 12.5 Å². The van der Waals surface area contributed by atoms with Crippen molar-refractivity contribution in [3.63, 3.8) is 0 Å².